The Hall–Kier alpha value is -1.64. The number of halogens is 1. The minimum atomic E-state index is -0.761. The number of benzene rings is 2. The molecule has 0 aliphatic heterocycles. The van der Waals surface area contributed by atoms with Crippen LogP contribution in [0.2, 0.25) is 0 Å². The average molecular weight is 276 g/mol. The molecule has 2 nitrogen and oxygen atoms in total. The fourth-order valence-corrected chi connectivity index (χ4v) is 2.41. The summed E-state index contributed by atoms with van der Waals surface area (Å²) in [5, 5.41) is 3.20. The van der Waals surface area contributed by atoms with Gasteiger partial charge in [0.2, 0.25) is 0 Å². The van der Waals surface area contributed by atoms with Crippen LogP contribution >= 0.6 is 12.4 Å². The molecular weight excluding hydrogens is 258 g/mol. The van der Waals surface area contributed by atoms with E-state index < -0.39 is 5.54 Å². The monoisotopic (exact) mass is 275 g/mol. The molecule has 0 amide bonds. The summed E-state index contributed by atoms with van der Waals surface area (Å²) < 4.78 is 0. The number of carbonyl (C=O) groups excluding carboxylic acids is 1. The smallest absolute Gasteiger partial charge is 0.158 e. The molecule has 0 aliphatic rings. The summed E-state index contributed by atoms with van der Waals surface area (Å²) in [6.45, 7) is 1.62. The Kier molecular flexibility index (Phi) is 5.28. The average Bonchev–Trinajstić information content (AvgIpc) is 2.42. The lowest BCUT2D eigenvalue weighted by Gasteiger charge is -2.32. The van der Waals surface area contributed by atoms with Gasteiger partial charge in [-0.25, -0.2) is 0 Å². The van der Waals surface area contributed by atoms with Gasteiger partial charge in [-0.1, -0.05) is 60.7 Å². The third-order valence-corrected chi connectivity index (χ3v) is 3.32. The molecule has 2 aromatic rings. The van der Waals surface area contributed by atoms with Gasteiger partial charge in [-0.05, 0) is 25.1 Å². The van der Waals surface area contributed by atoms with Crippen molar-refractivity contribution in [3.63, 3.8) is 0 Å². The van der Waals surface area contributed by atoms with Gasteiger partial charge in [-0.2, -0.15) is 0 Å². The fraction of sp³-hybridized carbons (Fsp3) is 0.188. The molecule has 0 aliphatic carbocycles. The van der Waals surface area contributed by atoms with Crippen LogP contribution in [0.3, 0.4) is 0 Å². The molecule has 0 aromatic heterocycles. The Labute approximate surface area is 120 Å². The third-order valence-electron chi connectivity index (χ3n) is 3.32. The second kappa shape index (κ2) is 6.50. The molecule has 2 aromatic carbocycles. The molecule has 0 atom stereocenters. The maximum Gasteiger partial charge on any atom is 0.158 e. The van der Waals surface area contributed by atoms with Gasteiger partial charge in [0.15, 0.2) is 5.78 Å². The predicted molar refractivity (Wildman–Crippen MR) is 80.7 cm³/mol. The van der Waals surface area contributed by atoms with Gasteiger partial charge >= 0.3 is 0 Å². The third kappa shape index (κ3) is 2.70. The minimum Gasteiger partial charge on any atom is -0.301 e. The zero-order chi connectivity index (χ0) is 13.0. The highest BCUT2D eigenvalue weighted by molar-refractivity contribution is 5.91. The molecule has 19 heavy (non-hydrogen) atoms. The highest BCUT2D eigenvalue weighted by Gasteiger charge is 2.37. The van der Waals surface area contributed by atoms with Crippen LogP contribution < -0.4 is 5.32 Å². The van der Waals surface area contributed by atoms with Crippen LogP contribution in [0.1, 0.15) is 18.1 Å². The number of ketones is 1. The van der Waals surface area contributed by atoms with E-state index in [1.807, 2.05) is 67.7 Å². The number of hydrogen-bond donors (Lipinski definition) is 1. The summed E-state index contributed by atoms with van der Waals surface area (Å²) in [7, 11) is 1.82. The lowest BCUT2D eigenvalue weighted by molar-refractivity contribution is -0.121. The number of likely N-dealkylation sites (N-methyl/N-ethyl adjacent to an activating group) is 1. The first kappa shape index (κ1) is 15.4. The molecule has 1 N–H and O–H groups in total. The second-order valence-corrected chi connectivity index (χ2v) is 4.29. The van der Waals surface area contributed by atoms with Crippen molar-refractivity contribution >= 4 is 18.2 Å². The van der Waals surface area contributed by atoms with Gasteiger partial charge < -0.3 is 5.32 Å². The van der Waals surface area contributed by atoms with E-state index in [0.29, 0.717) is 0 Å². The van der Waals surface area contributed by atoms with Crippen LogP contribution in [0.4, 0.5) is 0 Å². The topological polar surface area (TPSA) is 29.1 Å². The molecule has 3 heteroatoms. The molecule has 0 saturated carbocycles. The zero-order valence-corrected chi connectivity index (χ0v) is 11.9. The normalized spacial score (nSPS) is 10.6. The molecule has 0 saturated heterocycles. The molecule has 100 valence electrons. The standard InChI is InChI=1S/C16H17NO.ClH/c1-13(18)16(17-2,14-9-5-3-6-10-14)15-11-7-4-8-12-15;/h3-12,17H,1-2H3;1H. The zero-order valence-electron chi connectivity index (χ0n) is 11.1. The van der Waals surface area contributed by atoms with Crippen LogP contribution in [-0.2, 0) is 10.3 Å². The first-order valence-electron chi connectivity index (χ1n) is 6.03. The van der Waals surface area contributed by atoms with Gasteiger partial charge in [-0.3, -0.25) is 4.79 Å². The first-order valence-corrected chi connectivity index (χ1v) is 6.03. The summed E-state index contributed by atoms with van der Waals surface area (Å²) in [6, 6.07) is 19.6. The van der Waals surface area contributed by atoms with E-state index >= 15 is 0 Å². The molecule has 0 bridgehead atoms. The fourth-order valence-electron chi connectivity index (χ4n) is 2.41. The molecule has 2 rings (SSSR count). The van der Waals surface area contributed by atoms with Gasteiger partial charge in [-0.15, -0.1) is 12.4 Å². The van der Waals surface area contributed by atoms with Gasteiger partial charge in [0.25, 0.3) is 0 Å². The van der Waals surface area contributed by atoms with E-state index in [0.717, 1.165) is 11.1 Å². The van der Waals surface area contributed by atoms with Crippen LogP contribution in [0.15, 0.2) is 60.7 Å². The molecule has 0 radical (unpaired) electrons. The Bertz CT molecular complexity index is 485. The van der Waals surface area contributed by atoms with Crippen LogP contribution in [0.5, 0.6) is 0 Å². The quantitative estimate of drug-likeness (QED) is 0.929. The minimum absolute atomic E-state index is 0. The Morgan fingerprint density at radius 3 is 1.53 bits per heavy atom. The lowest BCUT2D eigenvalue weighted by atomic mass is 9.80. The molecule has 0 unspecified atom stereocenters. The van der Waals surface area contributed by atoms with E-state index in [9.17, 15) is 4.79 Å². The number of nitrogens with one attached hydrogen (secondary N) is 1. The summed E-state index contributed by atoms with van der Waals surface area (Å²) in [6.07, 6.45) is 0. The SMILES string of the molecule is CNC(C(C)=O)(c1ccccc1)c1ccccc1.Cl. The van der Waals surface area contributed by atoms with Crippen molar-refractivity contribution < 1.29 is 4.79 Å². The summed E-state index contributed by atoms with van der Waals surface area (Å²) in [5.74, 6) is 0.0856. The van der Waals surface area contributed by atoms with Crippen molar-refractivity contribution in [2.24, 2.45) is 0 Å². The van der Waals surface area contributed by atoms with Crippen LogP contribution in [-0.4, -0.2) is 12.8 Å². The highest BCUT2D eigenvalue weighted by atomic mass is 35.5. The van der Waals surface area contributed by atoms with Crippen molar-refractivity contribution in [1.82, 2.24) is 5.32 Å². The maximum absolute atomic E-state index is 12.2. The second-order valence-electron chi connectivity index (χ2n) is 4.29. The number of carbonyl (C=O) groups is 1. The van der Waals surface area contributed by atoms with Gasteiger partial charge in [0.1, 0.15) is 5.54 Å². The number of hydrogen-bond acceptors (Lipinski definition) is 2. The Morgan fingerprint density at radius 2 is 1.26 bits per heavy atom. The highest BCUT2D eigenvalue weighted by Crippen LogP contribution is 2.30. The van der Waals surface area contributed by atoms with E-state index in [2.05, 4.69) is 5.32 Å². The first-order chi connectivity index (χ1) is 8.71. The number of Topliss-reactive ketones (excluding diaryl/α,β-unsaturated/α-hetero) is 1. The van der Waals surface area contributed by atoms with Crippen LogP contribution in [0.25, 0.3) is 0 Å². The molecule has 0 fully saturated rings. The summed E-state index contributed by atoms with van der Waals surface area (Å²) >= 11 is 0. The molecule has 0 spiro atoms. The van der Waals surface area contributed by atoms with Crippen molar-refractivity contribution in [2.45, 2.75) is 12.5 Å². The van der Waals surface area contributed by atoms with Crippen molar-refractivity contribution in [2.75, 3.05) is 7.05 Å². The number of rotatable bonds is 4. The van der Waals surface area contributed by atoms with Crippen molar-refractivity contribution in [3.8, 4) is 0 Å². The lowest BCUT2D eigenvalue weighted by Crippen LogP contribution is -2.47. The maximum atomic E-state index is 12.2. The summed E-state index contributed by atoms with van der Waals surface area (Å²) in [5.41, 5.74) is 1.17. The van der Waals surface area contributed by atoms with Crippen molar-refractivity contribution in [3.05, 3.63) is 71.8 Å². The Morgan fingerprint density at radius 1 is 0.895 bits per heavy atom. The molecular formula is C16H18ClNO. The van der Waals surface area contributed by atoms with E-state index in [-0.39, 0.29) is 18.2 Å². The van der Waals surface area contributed by atoms with Gasteiger partial charge in [0.05, 0.1) is 0 Å². The summed E-state index contributed by atoms with van der Waals surface area (Å²) in [4.78, 5) is 12.2. The Balaban J connectivity index is 0.00000180. The van der Waals surface area contributed by atoms with Gasteiger partial charge in [0, 0.05) is 0 Å². The van der Waals surface area contributed by atoms with E-state index in [1.165, 1.54) is 0 Å². The largest absolute Gasteiger partial charge is 0.301 e. The predicted octanol–water partition coefficient (Wildman–Crippen LogP) is 3.16. The van der Waals surface area contributed by atoms with Crippen molar-refractivity contribution in [1.29, 1.82) is 0 Å². The van der Waals surface area contributed by atoms with E-state index in [4.69, 9.17) is 0 Å². The van der Waals surface area contributed by atoms with Crippen LogP contribution in [0, 0.1) is 0 Å². The van der Waals surface area contributed by atoms with E-state index in [1.54, 1.807) is 6.92 Å². The molecule has 0 heterocycles.